The molecule has 0 unspecified atom stereocenters. The van der Waals surface area contributed by atoms with Crippen LogP contribution >= 0.6 is 11.6 Å². The summed E-state index contributed by atoms with van der Waals surface area (Å²) < 4.78 is 7.72. The van der Waals surface area contributed by atoms with Gasteiger partial charge in [-0.05, 0) is 12.5 Å². The van der Waals surface area contributed by atoms with Crippen molar-refractivity contribution < 1.29 is 9.84 Å². The van der Waals surface area contributed by atoms with Crippen molar-refractivity contribution >= 4 is 22.6 Å². The Labute approximate surface area is 127 Å². The maximum Gasteiger partial charge on any atom is 0.176 e. The summed E-state index contributed by atoms with van der Waals surface area (Å²) in [7, 11) is 0. The third-order valence-electron chi connectivity index (χ3n) is 4.28. The minimum Gasteiger partial charge on any atom is -0.373 e. The van der Waals surface area contributed by atoms with E-state index >= 15 is 0 Å². The first-order chi connectivity index (χ1) is 10.0. The minimum absolute atomic E-state index is 0.106. The van der Waals surface area contributed by atoms with E-state index in [-0.39, 0.29) is 12.0 Å². The Kier molecular flexibility index (Phi) is 3.40. The second kappa shape index (κ2) is 4.99. The molecule has 4 atom stereocenters. The fourth-order valence-electron chi connectivity index (χ4n) is 2.95. The van der Waals surface area contributed by atoms with Crippen molar-refractivity contribution in [1.82, 2.24) is 14.5 Å². The molecular formula is C15H16ClN3O2. The number of hydrogen-bond acceptors (Lipinski definition) is 4. The zero-order valence-electron chi connectivity index (χ0n) is 11.8. The molecule has 0 radical (unpaired) electrons. The highest BCUT2D eigenvalue weighted by atomic mass is 35.5. The van der Waals surface area contributed by atoms with E-state index in [4.69, 9.17) is 22.8 Å². The average molecular weight is 306 g/mol. The molecule has 0 spiro atoms. The molecule has 2 aromatic heterocycles. The summed E-state index contributed by atoms with van der Waals surface area (Å²) in [6.45, 7) is 3.91. The Morgan fingerprint density at radius 2 is 2.33 bits per heavy atom. The van der Waals surface area contributed by atoms with Crippen molar-refractivity contribution in [2.75, 3.05) is 0 Å². The van der Waals surface area contributed by atoms with Crippen molar-refractivity contribution in [1.29, 1.82) is 0 Å². The Morgan fingerprint density at radius 3 is 3.00 bits per heavy atom. The van der Waals surface area contributed by atoms with Crippen molar-refractivity contribution in [3.8, 4) is 12.3 Å². The molecule has 0 saturated carbocycles. The first-order valence-corrected chi connectivity index (χ1v) is 7.23. The summed E-state index contributed by atoms with van der Waals surface area (Å²) in [5.74, 6) is 2.33. The molecule has 1 N–H and O–H groups in total. The topological polar surface area (TPSA) is 60.2 Å². The van der Waals surface area contributed by atoms with Gasteiger partial charge in [-0.3, -0.25) is 0 Å². The second-order valence-corrected chi connectivity index (χ2v) is 5.68. The molecule has 6 heteroatoms. The molecule has 1 aliphatic heterocycles. The van der Waals surface area contributed by atoms with Gasteiger partial charge in [0, 0.05) is 12.1 Å². The number of hydrogen-bond donors (Lipinski definition) is 1. The summed E-state index contributed by atoms with van der Waals surface area (Å²) in [5, 5.41) is 11.9. The number of fused-ring (bicyclic) bond motifs is 1. The van der Waals surface area contributed by atoms with Crippen LogP contribution in [0.3, 0.4) is 0 Å². The summed E-state index contributed by atoms with van der Waals surface area (Å²) in [6, 6.07) is 1.79. The fraction of sp³-hybridized carbons (Fsp3) is 0.467. The van der Waals surface area contributed by atoms with E-state index < -0.39 is 11.8 Å². The lowest BCUT2D eigenvalue weighted by Gasteiger charge is -2.27. The van der Waals surface area contributed by atoms with Gasteiger partial charge in [-0.15, -0.1) is 6.42 Å². The largest absolute Gasteiger partial charge is 0.373 e. The third kappa shape index (κ3) is 1.95. The van der Waals surface area contributed by atoms with Gasteiger partial charge in [0.15, 0.2) is 11.8 Å². The van der Waals surface area contributed by atoms with Crippen LogP contribution in [0.1, 0.15) is 26.5 Å². The van der Waals surface area contributed by atoms with Crippen LogP contribution in [0.15, 0.2) is 18.6 Å². The minimum atomic E-state index is -1.38. The number of nitrogens with zero attached hydrogens (tertiary/aromatic N) is 3. The quantitative estimate of drug-likeness (QED) is 0.683. The van der Waals surface area contributed by atoms with Gasteiger partial charge in [-0.2, -0.15) is 0 Å². The molecule has 0 aliphatic carbocycles. The zero-order chi connectivity index (χ0) is 15.2. The molecule has 1 aliphatic rings. The van der Waals surface area contributed by atoms with Crippen LogP contribution < -0.4 is 0 Å². The smallest absolute Gasteiger partial charge is 0.176 e. The molecular weight excluding hydrogens is 290 g/mol. The maximum atomic E-state index is 10.9. The number of halogens is 1. The molecule has 21 heavy (non-hydrogen) atoms. The van der Waals surface area contributed by atoms with Gasteiger partial charge in [0.25, 0.3) is 0 Å². The first kappa shape index (κ1) is 14.3. The van der Waals surface area contributed by atoms with Crippen LogP contribution in [0.5, 0.6) is 0 Å². The molecule has 110 valence electrons. The number of terminal acetylenes is 1. The van der Waals surface area contributed by atoms with Crippen LogP contribution in [0.2, 0.25) is 5.15 Å². The standard InChI is InChI=1S/C15H16ClN3O2/c1-4-11-9(3)15(20,5-2)14(21-11)19-7-6-10-12(16)17-8-18-13(10)19/h2,6-9,11,14,20H,4H2,1,3H3/t9-,11-,14-,15-/m1/s1. The Hall–Kier alpha value is -1.61. The Bertz CT molecular complexity index is 723. The number of ether oxygens (including phenoxy) is 1. The zero-order valence-corrected chi connectivity index (χ0v) is 12.6. The van der Waals surface area contributed by atoms with Gasteiger partial charge in [-0.1, -0.05) is 31.4 Å². The lowest BCUT2D eigenvalue weighted by Crippen LogP contribution is -2.39. The van der Waals surface area contributed by atoms with Gasteiger partial charge in [-0.25, -0.2) is 9.97 Å². The lowest BCUT2D eigenvalue weighted by atomic mass is 9.86. The molecule has 3 rings (SSSR count). The van der Waals surface area contributed by atoms with Crippen molar-refractivity contribution in [3.05, 3.63) is 23.7 Å². The summed E-state index contributed by atoms with van der Waals surface area (Å²) in [4.78, 5) is 8.18. The summed E-state index contributed by atoms with van der Waals surface area (Å²) >= 11 is 6.06. The van der Waals surface area contributed by atoms with Gasteiger partial charge in [0.2, 0.25) is 0 Å². The molecule has 0 bridgehead atoms. The Morgan fingerprint density at radius 1 is 1.57 bits per heavy atom. The fourth-order valence-corrected chi connectivity index (χ4v) is 3.15. The van der Waals surface area contributed by atoms with Crippen LogP contribution in [0.25, 0.3) is 11.0 Å². The van der Waals surface area contributed by atoms with Crippen LogP contribution in [0, 0.1) is 18.3 Å². The average Bonchev–Trinajstić information content (AvgIpc) is 3.01. The normalized spacial score (nSPS) is 32.4. The van der Waals surface area contributed by atoms with Crippen LogP contribution in [-0.4, -0.2) is 31.3 Å². The van der Waals surface area contributed by atoms with E-state index in [9.17, 15) is 5.11 Å². The number of rotatable bonds is 2. The van der Waals surface area contributed by atoms with Gasteiger partial charge < -0.3 is 14.4 Å². The lowest BCUT2D eigenvalue weighted by molar-refractivity contribution is -0.0626. The van der Waals surface area contributed by atoms with E-state index in [1.165, 1.54) is 6.33 Å². The summed E-state index contributed by atoms with van der Waals surface area (Å²) in [5.41, 5.74) is -0.790. The van der Waals surface area contributed by atoms with Crippen LogP contribution in [0.4, 0.5) is 0 Å². The van der Waals surface area contributed by atoms with Gasteiger partial charge in [0.1, 0.15) is 17.1 Å². The van der Waals surface area contributed by atoms with Gasteiger partial charge in [0.05, 0.1) is 11.5 Å². The van der Waals surface area contributed by atoms with E-state index in [1.54, 1.807) is 16.8 Å². The highest BCUT2D eigenvalue weighted by molar-refractivity contribution is 6.33. The second-order valence-electron chi connectivity index (χ2n) is 5.32. The molecule has 1 saturated heterocycles. The van der Waals surface area contributed by atoms with Crippen molar-refractivity contribution in [2.24, 2.45) is 5.92 Å². The molecule has 5 nitrogen and oxygen atoms in total. The highest BCUT2D eigenvalue weighted by Gasteiger charge is 2.53. The number of aliphatic hydroxyl groups is 1. The molecule has 0 aromatic carbocycles. The third-order valence-corrected chi connectivity index (χ3v) is 4.58. The predicted octanol–water partition coefficient (Wildman–Crippen LogP) is 2.39. The number of aromatic nitrogens is 3. The van der Waals surface area contributed by atoms with Crippen molar-refractivity contribution in [3.63, 3.8) is 0 Å². The van der Waals surface area contributed by atoms with E-state index in [0.29, 0.717) is 16.2 Å². The maximum absolute atomic E-state index is 10.9. The van der Waals surface area contributed by atoms with Gasteiger partial charge >= 0.3 is 0 Å². The van der Waals surface area contributed by atoms with Crippen LogP contribution in [-0.2, 0) is 4.74 Å². The van der Waals surface area contributed by atoms with Crippen molar-refractivity contribution in [2.45, 2.75) is 38.2 Å². The monoisotopic (exact) mass is 305 g/mol. The Balaban J connectivity index is 2.14. The molecule has 1 fully saturated rings. The SMILES string of the molecule is C#C[C@@]1(O)[C@H](C)[C@@H](CC)O[C@H]1n1ccc2c(Cl)ncnc21. The highest BCUT2D eigenvalue weighted by Crippen LogP contribution is 2.44. The summed E-state index contributed by atoms with van der Waals surface area (Å²) in [6.07, 6.45) is 8.72. The molecule has 0 amide bonds. The van der Waals surface area contributed by atoms with E-state index in [1.807, 2.05) is 13.8 Å². The molecule has 3 heterocycles. The predicted molar refractivity (Wildman–Crippen MR) is 79.7 cm³/mol. The van der Waals surface area contributed by atoms with E-state index in [2.05, 4.69) is 15.9 Å². The van der Waals surface area contributed by atoms with E-state index in [0.717, 1.165) is 6.42 Å². The molecule has 2 aromatic rings. The first-order valence-electron chi connectivity index (χ1n) is 6.85.